The Morgan fingerprint density at radius 2 is 2.03 bits per heavy atom. The van der Waals surface area contributed by atoms with Gasteiger partial charge in [-0.15, -0.1) is 5.10 Å². The Kier molecular flexibility index (Phi) is 6.39. The third kappa shape index (κ3) is 4.52. The third-order valence-corrected chi connectivity index (χ3v) is 5.61. The van der Waals surface area contributed by atoms with Crippen LogP contribution in [-0.2, 0) is 15.8 Å². The molecule has 3 atom stereocenters. The smallest absolute Gasteiger partial charge is 0.240 e. The topological polar surface area (TPSA) is 118 Å². The number of hydrazone groups is 1. The van der Waals surface area contributed by atoms with Gasteiger partial charge in [-0.3, -0.25) is 0 Å². The Hall–Kier alpha value is -2.64. The highest BCUT2D eigenvalue weighted by atomic mass is 35.5. The van der Waals surface area contributed by atoms with Crippen LogP contribution in [0.15, 0.2) is 46.4 Å². The summed E-state index contributed by atoms with van der Waals surface area (Å²) in [6.45, 7) is 3.51. The first-order valence-corrected chi connectivity index (χ1v) is 10.1. The lowest BCUT2D eigenvalue weighted by molar-refractivity contribution is 0.0493. The molecule has 152 valence electrons. The number of hydrogen-bond acceptors (Lipinski definition) is 7. The molecule has 0 radical (unpaired) electrons. The summed E-state index contributed by atoms with van der Waals surface area (Å²) < 4.78 is 25.8. The van der Waals surface area contributed by atoms with Crippen molar-refractivity contribution in [1.82, 2.24) is 5.01 Å². The summed E-state index contributed by atoms with van der Waals surface area (Å²) in [7, 11) is 0. The van der Waals surface area contributed by atoms with Gasteiger partial charge in [0.1, 0.15) is 12.2 Å². The lowest BCUT2D eigenvalue weighted by Gasteiger charge is -2.29. The standard InChI is InChI=1S/C19H19ClN4O4S/c1-11-16(8-5-14(9-21)17(11)20)22-18(12(2)25)24-10-28-19(23-24)13-3-6-15(7-4-13)29(26)27/h3-8,12,18,22,25H,10H2,1-2H3,(H,26,27)/t12-,18-/m0/s1. The van der Waals surface area contributed by atoms with Crippen LogP contribution in [0.3, 0.4) is 0 Å². The van der Waals surface area contributed by atoms with E-state index in [9.17, 15) is 9.32 Å². The maximum absolute atomic E-state index is 11.1. The van der Waals surface area contributed by atoms with E-state index in [0.717, 1.165) is 0 Å². The summed E-state index contributed by atoms with van der Waals surface area (Å²) in [5.74, 6) is 0.335. The molecule has 0 fully saturated rings. The highest BCUT2D eigenvalue weighted by Gasteiger charge is 2.29. The molecule has 29 heavy (non-hydrogen) atoms. The summed E-state index contributed by atoms with van der Waals surface area (Å²) in [5, 5.41) is 28.9. The number of nitrogens with zero attached hydrogens (tertiary/aromatic N) is 3. The van der Waals surface area contributed by atoms with Crippen molar-refractivity contribution in [3.8, 4) is 6.07 Å². The molecule has 2 aromatic carbocycles. The van der Waals surface area contributed by atoms with Gasteiger partial charge in [0.15, 0.2) is 17.8 Å². The average Bonchev–Trinajstić information content (AvgIpc) is 3.18. The highest BCUT2D eigenvalue weighted by Crippen LogP contribution is 2.28. The van der Waals surface area contributed by atoms with Crippen molar-refractivity contribution in [2.24, 2.45) is 5.10 Å². The minimum Gasteiger partial charge on any atom is -0.453 e. The minimum atomic E-state index is -2.05. The fourth-order valence-electron chi connectivity index (χ4n) is 2.83. The molecule has 3 N–H and O–H groups in total. The van der Waals surface area contributed by atoms with Gasteiger partial charge >= 0.3 is 0 Å². The van der Waals surface area contributed by atoms with Crippen LogP contribution in [0.1, 0.15) is 23.6 Å². The number of aliphatic hydroxyl groups is 1. The molecular formula is C19H19ClN4O4S. The van der Waals surface area contributed by atoms with Gasteiger partial charge in [0, 0.05) is 11.3 Å². The summed E-state index contributed by atoms with van der Waals surface area (Å²) in [5.41, 5.74) is 2.37. The molecule has 1 aliphatic heterocycles. The number of anilines is 1. The average molecular weight is 435 g/mol. The van der Waals surface area contributed by atoms with E-state index < -0.39 is 23.4 Å². The van der Waals surface area contributed by atoms with Gasteiger partial charge in [0.25, 0.3) is 0 Å². The number of rotatable bonds is 6. The third-order valence-electron chi connectivity index (χ3n) is 4.44. The van der Waals surface area contributed by atoms with E-state index in [-0.39, 0.29) is 11.6 Å². The first-order valence-electron chi connectivity index (χ1n) is 8.65. The molecule has 0 bridgehead atoms. The van der Waals surface area contributed by atoms with E-state index in [4.69, 9.17) is 26.2 Å². The normalized spacial score (nSPS) is 16.4. The van der Waals surface area contributed by atoms with Crippen molar-refractivity contribution in [2.75, 3.05) is 12.0 Å². The maximum Gasteiger partial charge on any atom is 0.240 e. The molecule has 0 amide bonds. The Morgan fingerprint density at radius 1 is 1.34 bits per heavy atom. The predicted octanol–water partition coefficient (Wildman–Crippen LogP) is 2.87. The fourth-order valence-corrected chi connectivity index (χ4v) is 3.41. The zero-order chi connectivity index (χ0) is 21.1. The zero-order valence-electron chi connectivity index (χ0n) is 15.7. The monoisotopic (exact) mass is 434 g/mol. The molecule has 10 heteroatoms. The van der Waals surface area contributed by atoms with E-state index in [1.54, 1.807) is 43.1 Å². The Balaban J connectivity index is 1.83. The number of hydrogen-bond donors (Lipinski definition) is 3. The van der Waals surface area contributed by atoms with Crippen molar-refractivity contribution in [2.45, 2.75) is 31.0 Å². The molecule has 8 nitrogen and oxygen atoms in total. The van der Waals surface area contributed by atoms with Crippen molar-refractivity contribution in [3.05, 3.63) is 58.1 Å². The van der Waals surface area contributed by atoms with Gasteiger partial charge < -0.3 is 19.7 Å². The van der Waals surface area contributed by atoms with E-state index >= 15 is 0 Å². The fraction of sp³-hybridized carbons (Fsp3) is 0.263. The summed E-state index contributed by atoms with van der Waals surface area (Å²) >= 11 is 4.18. The Bertz CT molecular complexity index is 1000. The molecule has 3 rings (SSSR count). The molecule has 0 saturated carbocycles. The molecule has 1 unspecified atom stereocenters. The van der Waals surface area contributed by atoms with Gasteiger partial charge in [-0.1, -0.05) is 11.6 Å². The lowest BCUT2D eigenvalue weighted by Crippen LogP contribution is -2.44. The quantitative estimate of drug-likeness (QED) is 0.598. The Morgan fingerprint density at radius 3 is 2.62 bits per heavy atom. The molecule has 1 aliphatic rings. The second kappa shape index (κ2) is 8.80. The SMILES string of the molecule is Cc1c(N[C@H]([C@H](C)O)N2COC(c3ccc(S(=O)O)cc3)=N2)ccc(C#N)c1Cl. The second-order valence-corrected chi connectivity index (χ2v) is 7.78. The molecule has 0 aromatic heterocycles. The molecule has 2 aromatic rings. The number of nitriles is 1. The van der Waals surface area contributed by atoms with Crippen LogP contribution in [-0.4, -0.2) is 43.8 Å². The van der Waals surface area contributed by atoms with Crippen molar-refractivity contribution in [1.29, 1.82) is 5.26 Å². The zero-order valence-corrected chi connectivity index (χ0v) is 17.2. The summed E-state index contributed by atoms with van der Waals surface area (Å²) in [6, 6.07) is 11.7. The largest absolute Gasteiger partial charge is 0.453 e. The van der Waals surface area contributed by atoms with E-state index in [2.05, 4.69) is 10.4 Å². The predicted molar refractivity (Wildman–Crippen MR) is 110 cm³/mol. The number of nitrogens with one attached hydrogen (secondary N) is 1. The van der Waals surface area contributed by atoms with E-state index in [1.807, 2.05) is 6.07 Å². The Labute approximate surface area is 175 Å². The van der Waals surface area contributed by atoms with Crippen LogP contribution in [0.25, 0.3) is 0 Å². The first-order chi connectivity index (χ1) is 13.8. The van der Waals surface area contributed by atoms with Crippen LogP contribution < -0.4 is 5.32 Å². The number of ether oxygens (including phenoxy) is 1. The van der Waals surface area contributed by atoms with Crippen LogP contribution in [0.4, 0.5) is 5.69 Å². The van der Waals surface area contributed by atoms with E-state index in [1.165, 1.54) is 12.1 Å². The lowest BCUT2D eigenvalue weighted by atomic mass is 10.1. The van der Waals surface area contributed by atoms with Crippen molar-refractivity contribution >= 4 is 34.3 Å². The number of aliphatic hydroxyl groups excluding tert-OH is 1. The van der Waals surface area contributed by atoms with Gasteiger partial charge in [-0.25, -0.2) is 9.22 Å². The molecular weight excluding hydrogens is 416 g/mol. The number of halogens is 1. The minimum absolute atomic E-state index is 0.106. The summed E-state index contributed by atoms with van der Waals surface area (Å²) in [4.78, 5) is 0.279. The van der Waals surface area contributed by atoms with Crippen LogP contribution >= 0.6 is 11.6 Å². The molecule has 1 heterocycles. The first kappa shape index (κ1) is 21.1. The van der Waals surface area contributed by atoms with Crippen molar-refractivity contribution < 1.29 is 18.6 Å². The van der Waals surface area contributed by atoms with Gasteiger partial charge in [0.05, 0.1) is 21.6 Å². The van der Waals surface area contributed by atoms with Crippen LogP contribution in [0.5, 0.6) is 0 Å². The molecule has 0 aliphatic carbocycles. The highest BCUT2D eigenvalue weighted by molar-refractivity contribution is 7.79. The second-order valence-electron chi connectivity index (χ2n) is 6.43. The van der Waals surface area contributed by atoms with E-state index in [0.29, 0.717) is 33.3 Å². The molecule has 0 spiro atoms. The van der Waals surface area contributed by atoms with Gasteiger partial charge in [-0.2, -0.15) is 5.26 Å². The maximum atomic E-state index is 11.1. The van der Waals surface area contributed by atoms with Crippen molar-refractivity contribution in [3.63, 3.8) is 0 Å². The van der Waals surface area contributed by atoms with Crippen LogP contribution in [0.2, 0.25) is 5.02 Å². The summed E-state index contributed by atoms with van der Waals surface area (Å²) in [6.07, 6.45) is -1.42. The van der Waals surface area contributed by atoms with Crippen LogP contribution in [0, 0.1) is 18.3 Å². The van der Waals surface area contributed by atoms with Gasteiger partial charge in [-0.05, 0) is 55.8 Å². The van der Waals surface area contributed by atoms with Gasteiger partial charge in [0.2, 0.25) is 5.90 Å². The molecule has 0 saturated heterocycles. The number of benzene rings is 2.